The van der Waals surface area contributed by atoms with Crippen LogP contribution in [0.25, 0.3) is 22.3 Å². The lowest BCUT2D eigenvalue weighted by Crippen LogP contribution is -2.26. The topological polar surface area (TPSA) is 80.0 Å². The lowest BCUT2D eigenvalue weighted by atomic mass is 10.1. The van der Waals surface area contributed by atoms with E-state index in [0.29, 0.717) is 17.1 Å². The van der Waals surface area contributed by atoms with E-state index in [2.05, 4.69) is 12.1 Å². The van der Waals surface area contributed by atoms with Crippen molar-refractivity contribution in [2.75, 3.05) is 0 Å². The molecule has 2 aromatic carbocycles. The largest absolute Gasteiger partial charge is 0.383 e. The van der Waals surface area contributed by atoms with Gasteiger partial charge in [-0.25, -0.2) is 0 Å². The number of nitrogens with zero attached hydrogens (tertiary/aromatic N) is 3. The molecule has 0 bridgehead atoms. The summed E-state index contributed by atoms with van der Waals surface area (Å²) in [5, 5.41) is 23.3. The number of fused-ring (bicyclic) bond motifs is 1. The Balaban J connectivity index is 1.66. The molecule has 0 fully saturated rings. The molecule has 0 spiro atoms. The zero-order valence-electron chi connectivity index (χ0n) is 15.2. The van der Waals surface area contributed by atoms with E-state index >= 15 is 0 Å². The molecule has 138 valence electrons. The predicted octanol–water partition coefficient (Wildman–Crippen LogP) is 3.72. The lowest BCUT2D eigenvalue weighted by molar-refractivity contribution is 0.121. The van der Waals surface area contributed by atoms with Gasteiger partial charge in [-0.15, -0.1) is 0 Å². The monoisotopic (exact) mass is 362 g/mol. The van der Waals surface area contributed by atoms with Crippen LogP contribution in [0.5, 0.6) is 0 Å². The molecule has 2 aromatic heterocycles. The molecule has 0 radical (unpaired) electrons. The van der Waals surface area contributed by atoms with Crippen LogP contribution in [-0.2, 0) is 13.1 Å². The van der Waals surface area contributed by atoms with Gasteiger partial charge in [-0.3, -0.25) is 5.41 Å². The number of imidazole rings is 1. The Labute approximate surface area is 156 Å². The highest BCUT2D eigenvalue weighted by atomic mass is 16.5. The summed E-state index contributed by atoms with van der Waals surface area (Å²) in [5.41, 5.74) is 3.93. The first-order valence-electron chi connectivity index (χ1n) is 9.11. The summed E-state index contributed by atoms with van der Waals surface area (Å²) >= 11 is 0. The van der Waals surface area contributed by atoms with Crippen molar-refractivity contribution in [3.63, 3.8) is 0 Å². The summed E-state index contributed by atoms with van der Waals surface area (Å²) in [6, 6.07) is 19.4. The van der Waals surface area contributed by atoms with Gasteiger partial charge in [0.2, 0.25) is 5.62 Å². The fourth-order valence-corrected chi connectivity index (χ4v) is 3.38. The zero-order valence-corrected chi connectivity index (χ0v) is 15.2. The van der Waals surface area contributed by atoms with Crippen LogP contribution < -0.4 is 5.62 Å². The van der Waals surface area contributed by atoms with Crippen LogP contribution in [-0.4, -0.2) is 19.4 Å². The maximum atomic E-state index is 10.7. The second-order valence-electron chi connectivity index (χ2n) is 6.57. The van der Waals surface area contributed by atoms with E-state index in [1.54, 1.807) is 6.07 Å². The van der Waals surface area contributed by atoms with Gasteiger partial charge in [0.05, 0.1) is 17.6 Å². The van der Waals surface area contributed by atoms with Crippen LogP contribution in [0, 0.1) is 5.41 Å². The van der Waals surface area contributed by atoms with Crippen LogP contribution in [0.15, 0.2) is 65.2 Å². The van der Waals surface area contributed by atoms with Gasteiger partial charge in [0.25, 0.3) is 0 Å². The number of aliphatic hydroxyl groups is 1. The highest BCUT2D eigenvalue weighted by molar-refractivity contribution is 5.75. The van der Waals surface area contributed by atoms with Gasteiger partial charge < -0.3 is 18.8 Å². The third-order valence-electron chi connectivity index (χ3n) is 4.70. The van der Waals surface area contributed by atoms with Crippen LogP contribution >= 0.6 is 0 Å². The molecule has 1 atom stereocenters. The molecule has 1 unspecified atom stereocenters. The predicted molar refractivity (Wildman–Crippen MR) is 103 cm³/mol. The number of hydrogen-bond donors (Lipinski definition) is 2. The third kappa shape index (κ3) is 3.19. The van der Waals surface area contributed by atoms with Crippen LogP contribution in [0.1, 0.15) is 25.2 Å². The standard InChI is InChI=1S/C21H22N4O2/c1-2-12-24-17-10-6-7-11-18(17)25(21(24)22)14-19(26)20-13-16(23-27-20)15-8-4-3-5-9-15/h3-11,13,19,22,26H,2,12,14H2,1H3. The van der Waals surface area contributed by atoms with Gasteiger partial charge in [0.15, 0.2) is 5.76 Å². The molecule has 27 heavy (non-hydrogen) atoms. The molecule has 0 aliphatic heterocycles. The molecular weight excluding hydrogens is 340 g/mol. The second-order valence-corrected chi connectivity index (χ2v) is 6.57. The molecule has 0 amide bonds. The van der Waals surface area contributed by atoms with Gasteiger partial charge in [0, 0.05) is 18.2 Å². The Kier molecular flexibility index (Phi) is 4.64. The van der Waals surface area contributed by atoms with E-state index in [1.165, 1.54) is 0 Å². The first-order valence-corrected chi connectivity index (χ1v) is 9.11. The van der Waals surface area contributed by atoms with E-state index < -0.39 is 6.10 Å². The lowest BCUT2D eigenvalue weighted by Gasteiger charge is -2.09. The maximum absolute atomic E-state index is 10.7. The normalized spacial score (nSPS) is 12.5. The third-order valence-corrected chi connectivity index (χ3v) is 4.70. The van der Waals surface area contributed by atoms with Crippen LogP contribution in [0.4, 0.5) is 0 Å². The number of aryl methyl sites for hydroxylation is 1. The quantitative estimate of drug-likeness (QED) is 0.548. The molecule has 2 heterocycles. The van der Waals surface area contributed by atoms with Gasteiger partial charge in [-0.1, -0.05) is 54.5 Å². The van der Waals surface area contributed by atoms with Crippen LogP contribution in [0.3, 0.4) is 0 Å². The van der Waals surface area contributed by atoms with Crippen molar-refractivity contribution in [3.05, 3.63) is 72.0 Å². The minimum Gasteiger partial charge on any atom is -0.383 e. The molecular formula is C21H22N4O2. The fraction of sp³-hybridized carbons (Fsp3) is 0.238. The molecule has 0 aliphatic rings. The summed E-state index contributed by atoms with van der Waals surface area (Å²) in [4.78, 5) is 0. The van der Waals surface area contributed by atoms with Crippen molar-refractivity contribution in [2.45, 2.75) is 32.5 Å². The molecule has 4 aromatic rings. The number of aromatic nitrogens is 3. The van der Waals surface area contributed by atoms with E-state index in [1.807, 2.05) is 63.7 Å². The van der Waals surface area contributed by atoms with Gasteiger partial charge in [-0.05, 0) is 18.6 Å². The molecule has 0 saturated carbocycles. The summed E-state index contributed by atoms with van der Waals surface area (Å²) in [6.07, 6.45) is 0.0558. The second kappa shape index (κ2) is 7.25. The summed E-state index contributed by atoms with van der Waals surface area (Å²) in [5.74, 6) is 0.396. The van der Waals surface area contributed by atoms with Crippen molar-refractivity contribution in [3.8, 4) is 11.3 Å². The molecule has 2 N–H and O–H groups in total. The molecule has 0 aliphatic carbocycles. The first-order chi connectivity index (χ1) is 13.2. The van der Waals surface area contributed by atoms with Gasteiger partial charge >= 0.3 is 0 Å². The summed E-state index contributed by atoms with van der Waals surface area (Å²) < 4.78 is 9.17. The van der Waals surface area contributed by atoms with Gasteiger partial charge in [-0.2, -0.15) is 0 Å². The van der Waals surface area contributed by atoms with E-state index in [0.717, 1.165) is 29.6 Å². The number of nitrogens with one attached hydrogen (secondary N) is 1. The molecule has 6 nitrogen and oxygen atoms in total. The van der Waals surface area contributed by atoms with Crippen molar-refractivity contribution in [1.82, 2.24) is 14.3 Å². The highest BCUT2D eigenvalue weighted by Gasteiger charge is 2.19. The summed E-state index contributed by atoms with van der Waals surface area (Å²) in [6.45, 7) is 3.09. The minimum absolute atomic E-state index is 0.236. The minimum atomic E-state index is -0.884. The van der Waals surface area contributed by atoms with Gasteiger partial charge in [0.1, 0.15) is 11.8 Å². The van der Waals surface area contributed by atoms with Crippen molar-refractivity contribution in [1.29, 1.82) is 5.41 Å². The average Bonchev–Trinajstić information content (AvgIpc) is 3.29. The SMILES string of the molecule is CCCn1c(=N)n(CC(O)c2cc(-c3ccccc3)no2)c2ccccc21. The number of hydrogen-bond acceptors (Lipinski definition) is 4. The molecule has 6 heteroatoms. The Morgan fingerprint density at radius 2 is 1.70 bits per heavy atom. The fourth-order valence-electron chi connectivity index (χ4n) is 3.38. The van der Waals surface area contributed by atoms with E-state index in [-0.39, 0.29) is 6.54 Å². The maximum Gasteiger partial charge on any atom is 0.203 e. The smallest absolute Gasteiger partial charge is 0.203 e. The Morgan fingerprint density at radius 3 is 2.41 bits per heavy atom. The molecule has 4 rings (SSSR count). The van der Waals surface area contributed by atoms with E-state index in [9.17, 15) is 5.11 Å². The Hall–Kier alpha value is -3.12. The number of para-hydroxylation sites is 2. The Morgan fingerprint density at radius 1 is 1.04 bits per heavy atom. The molecule has 0 saturated heterocycles. The number of benzene rings is 2. The first kappa shape index (κ1) is 17.3. The van der Waals surface area contributed by atoms with E-state index in [4.69, 9.17) is 9.93 Å². The van der Waals surface area contributed by atoms with Crippen molar-refractivity contribution in [2.24, 2.45) is 0 Å². The summed E-state index contributed by atoms with van der Waals surface area (Å²) in [7, 11) is 0. The Bertz CT molecular complexity index is 1110. The number of rotatable bonds is 6. The average molecular weight is 362 g/mol. The van der Waals surface area contributed by atoms with Crippen LogP contribution in [0.2, 0.25) is 0 Å². The number of aliphatic hydroxyl groups excluding tert-OH is 1. The zero-order chi connectivity index (χ0) is 18.8. The van der Waals surface area contributed by atoms with Crippen molar-refractivity contribution < 1.29 is 9.63 Å². The van der Waals surface area contributed by atoms with Crippen molar-refractivity contribution >= 4 is 11.0 Å². The highest BCUT2D eigenvalue weighted by Crippen LogP contribution is 2.24.